The Balaban J connectivity index is 1.49. The van der Waals surface area contributed by atoms with E-state index in [1.54, 1.807) is 0 Å². The van der Waals surface area contributed by atoms with Gasteiger partial charge >= 0.3 is 0 Å². The number of hydrogen-bond donors (Lipinski definition) is 1. The minimum Gasteiger partial charge on any atom is -0.493 e. The minimum absolute atomic E-state index is 0.393. The number of benzene rings is 1. The van der Waals surface area contributed by atoms with Crippen LogP contribution >= 0.6 is 0 Å². The third-order valence-electron chi connectivity index (χ3n) is 4.46. The SMILES string of the molecule is NC(Cc1ccc2c(c1)CCO2)C1C2CC21. The Morgan fingerprint density at radius 1 is 1.38 bits per heavy atom. The van der Waals surface area contributed by atoms with Crippen LogP contribution in [0.2, 0.25) is 0 Å². The van der Waals surface area contributed by atoms with E-state index in [0.717, 1.165) is 43.0 Å². The molecule has 3 unspecified atom stereocenters. The lowest BCUT2D eigenvalue weighted by molar-refractivity contribution is 0.357. The van der Waals surface area contributed by atoms with Gasteiger partial charge in [-0.15, -0.1) is 0 Å². The summed E-state index contributed by atoms with van der Waals surface area (Å²) in [4.78, 5) is 0. The molecule has 0 spiro atoms. The molecule has 3 aliphatic rings. The largest absolute Gasteiger partial charge is 0.493 e. The summed E-state index contributed by atoms with van der Waals surface area (Å²) >= 11 is 0. The van der Waals surface area contributed by atoms with E-state index >= 15 is 0 Å². The number of rotatable bonds is 3. The summed E-state index contributed by atoms with van der Waals surface area (Å²) in [7, 11) is 0. The molecule has 2 heteroatoms. The summed E-state index contributed by atoms with van der Waals surface area (Å²) in [6.07, 6.45) is 3.56. The van der Waals surface area contributed by atoms with Crippen LogP contribution in [0.1, 0.15) is 17.5 Å². The maximum atomic E-state index is 6.25. The molecule has 1 aromatic rings. The van der Waals surface area contributed by atoms with Crippen LogP contribution in [0, 0.1) is 17.8 Å². The number of nitrogens with two attached hydrogens (primary N) is 1. The third kappa shape index (κ3) is 1.29. The van der Waals surface area contributed by atoms with E-state index in [1.165, 1.54) is 17.5 Å². The summed E-state index contributed by atoms with van der Waals surface area (Å²) < 4.78 is 5.51. The predicted octanol–water partition coefficient (Wildman–Crippen LogP) is 1.76. The van der Waals surface area contributed by atoms with Gasteiger partial charge < -0.3 is 10.5 Å². The summed E-state index contributed by atoms with van der Waals surface area (Å²) in [5.74, 6) is 3.94. The van der Waals surface area contributed by atoms with E-state index in [4.69, 9.17) is 10.5 Å². The van der Waals surface area contributed by atoms with Gasteiger partial charge in [0.25, 0.3) is 0 Å². The summed E-state index contributed by atoms with van der Waals surface area (Å²) in [6, 6.07) is 6.97. The highest BCUT2D eigenvalue weighted by Gasteiger charge is 2.65. The minimum atomic E-state index is 0.393. The first kappa shape index (κ1) is 9.06. The Morgan fingerprint density at radius 3 is 3.00 bits per heavy atom. The standard InChI is InChI=1S/C14H17NO/c15-12(14-10-7-11(10)14)6-8-1-2-13-9(5-8)3-4-16-13/h1-2,5,10-12,14H,3-4,6-7,15H2. The van der Waals surface area contributed by atoms with Gasteiger partial charge in [0.1, 0.15) is 5.75 Å². The molecule has 0 saturated heterocycles. The molecule has 2 aliphatic carbocycles. The lowest BCUT2D eigenvalue weighted by atomic mass is 9.96. The van der Waals surface area contributed by atoms with Crippen molar-refractivity contribution in [2.45, 2.75) is 25.3 Å². The maximum absolute atomic E-state index is 6.25. The van der Waals surface area contributed by atoms with Crippen molar-refractivity contribution in [3.8, 4) is 5.75 Å². The maximum Gasteiger partial charge on any atom is 0.122 e. The smallest absolute Gasteiger partial charge is 0.122 e. The van der Waals surface area contributed by atoms with Crippen molar-refractivity contribution >= 4 is 0 Å². The van der Waals surface area contributed by atoms with Crippen LogP contribution in [0.5, 0.6) is 5.75 Å². The van der Waals surface area contributed by atoms with Crippen LogP contribution < -0.4 is 10.5 Å². The van der Waals surface area contributed by atoms with Gasteiger partial charge in [-0.2, -0.15) is 0 Å². The quantitative estimate of drug-likeness (QED) is 0.833. The fourth-order valence-corrected chi connectivity index (χ4v) is 3.24. The molecule has 0 aromatic heterocycles. The van der Waals surface area contributed by atoms with Gasteiger partial charge in [-0.3, -0.25) is 0 Å². The van der Waals surface area contributed by atoms with E-state index in [0.29, 0.717) is 6.04 Å². The van der Waals surface area contributed by atoms with Crippen molar-refractivity contribution < 1.29 is 4.74 Å². The number of ether oxygens (including phenoxy) is 1. The molecule has 84 valence electrons. The lowest BCUT2D eigenvalue weighted by Crippen LogP contribution is -2.28. The molecule has 0 radical (unpaired) electrons. The third-order valence-corrected chi connectivity index (χ3v) is 4.46. The van der Waals surface area contributed by atoms with Crippen LogP contribution in [0.15, 0.2) is 18.2 Å². The van der Waals surface area contributed by atoms with Crippen LogP contribution in [-0.2, 0) is 12.8 Å². The second-order valence-electron chi connectivity index (χ2n) is 5.55. The molecule has 4 rings (SSSR count). The first-order valence-electron chi connectivity index (χ1n) is 6.33. The topological polar surface area (TPSA) is 35.2 Å². The Morgan fingerprint density at radius 2 is 2.25 bits per heavy atom. The molecule has 1 aliphatic heterocycles. The number of hydrogen-bond acceptors (Lipinski definition) is 2. The first-order chi connectivity index (χ1) is 7.83. The zero-order valence-corrected chi connectivity index (χ0v) is 9.36. The zero-order valence-electron chi connectivity index (χ0n) is 9.36. The molecule has 2 saturated carbocycles. The lowest BCUT2D eigenvalue weighted by Gasteiger charge is -2.14. The van der Waals surface area contributed by atoms with Crippen molar-refractivity contribution in [3.63, 3.8) is 0 Å². The molecule has 2 N–H and O–H groups in total. The fourth-order valence-electron chi connectivity index (χ4n) is 3.24. The van der Waals surface area contributed by atoms with E-state index < -0.39 is 0 Å². The normalized spacial score (nSPS) is 34.9. The predicted molar refractivity (Wildman–Crippen MR) is 62.4 cm³/mol. The van der Waals surface area contributed by atoms with Gasteiger partial charge in [-0.25, -0.2) is 0 Å². The molecule has 1 heterocycles. The van der Waals surface area contributed by atoms with Crippen molar-refractivity contribution in [2.75, 3.05) is 6.61 Å². The highest BCUT2D eigenvalue weighted by molar-refractivity contribution is 5.40. The van der Waals surface area contributed by atoms with Crippen molar-refractivity contribution in [2.24, 2.45) is 23.5 Å². The van der Waals surface area contributed by atoms with Gasteiger partial charge in [0.05, 0.1) is 6.61 Å². The average molecular weight is 215 g/mol. The molecule has 1 aromatic carbocycles. The average Bonchev–Trinajstić information content (AvgIpc) is 3.09. The second kappa shape index (κ2) is 3.01. The van der Waals surface area contributed by atoms with E-state index in [2.05, 4.69) is 18.2 Å². The Labute approximate surface area is 95.8 Å². The van der Waals surface area contributed by atoms with Gasteiger partial charge in [0, 0.05) is 12.5 Å². The van der Waals surface area contributed by atoms with Gasteiger partial charge in [0.15, 0.2) is 0 Å². The van der Waals surface area contributed by atoms with Crippen LogP contribution in [0.25, 0.3) is 0 Å². The molecular weight excluding hydrogens is 198 g/mol. The van der Waals surface area contributed by atoms with Crippen LogP contribution in [0.3, 0.4) is 0 Å². The zero-order chi connectivity index (χ0) is 10.7. The first-order valence-corrected chi connectivity index (χ1v) is 6.33. The van der Waals surface area contributed by atoms with Gasteiger partial charge in [0.2, 0.25) is 0 Å². The molecule has 2 fully saturated rings. The van der Waals surface area contributed by atoms with Crippen molar-refractivity contribution in [3.05, 3.63) is 29.3 Å². The number of fused-ring (bicyclic) bond motifs is 2. The fraction of sp³-hybridized carbons (Fsp3) is 0.571. The van der Waals surface area contributed by atoms with Gasteiger partial charge in [-0.1, -0.05) is 12.1 Å². The second-order valence-corrected chi connectivity index (χ2v) is 5.55. The molecule has 16 heavy (non-hydrogen) atoms. The van der Waals surface area contributed by atoms with Crippen LogP contribution in [-0.4, -0.2) is 12.6 Å². The summed E-state index contributed by atoms with van der Waals surface area (Å²) in [6.45, 7) is 0.845. The monoisotopic (exact) mass is 215 g/mol. The van der Waals surface area contributed by atoms with E-state index in [9.17, 15) is 0 Å². The Bertz CT molecular complexity index is 434. The Kier molecular flexibility index (Phi) is 1.70. The molecule has 0 amide bonds. The molecule has 2 nitrogen and oxygen atoms in total. The van der Waals surface area contributed by atoms with E-state index in [1.807, 2.05) is 0 Å². The molecular formula is C14H17NO. The summed E-state index contributed by atoms with van der Waals surface area (Å²) in [5.41, 5.74) is 9.00. The highest BCUT2D eigenvalue weighted by atomic mass is 16.5. The van der Waals surface area contributed by atoms with Gasteiger partial charge in [-0.05, 0) is 47.8 Å². The molecule has 3 atom stereocenters. The van der Waals surface area contributed by atoms with Crippen LogP contribution in [0.4, 0.5) is 0 Å². The highest BCUT2D eigenvalue weighted by Crippen LogP contribution is 2.69. The van der Waals surface area contributed by atoms with E-state index in [-0.39, 0.29) is 0 Å². The van der Waals surface area contributed by atoms with Crippen molar-refractivity contribution in [1.82, 2.24) is 0 Å². The molecule has 0 bridgehead atoms. The van der Waals surface area contributed by atoms with Crippen molar-refractivity contribution in [1.29, 1.82) is 0 Å². The Hall–Kier alpha value is -1.02. The summed E-state index contributed by atoms with van der Waals surface area (Å²) in [5, 5.41) is 0.